The van der Waals surface area contributed by atoms with Crippen LogP contribution in [0.5, 0.6) is 0 Å². The van der Waals surface area contributed by atoms with Crippen molar-refractivity contribution < 1.29 is 4.79 Å². The maximum absolute atomic E-state index is 12.4. The van der Waals surface area contributed by atoms with E-state index in [0.29, 0.717) is 5.02 Å². The molecule has 1 aromatic rings. The van der Waals surface area contributed by atoms with Crippen LogP contribution in [0.1, 0.15) is 32.3 Å². The molecule has 1 heterocycles. The molecule has 1 atom stereocenters. The molecule has 0 spiro atoms. The minimum absolute atomic E-state index is 0.0462. The number of likely N-dealkylation sites (tertiary alicyclic amines) is 1. The van der Waals surface area contributed by atoms with E-state index in [4.69, 9.17) is 11.6 Å². The van der Waals surface area contributed by atoms with Crippen molar-refractivity contribution in [2.75, 3.05) is 18.4 Å². The van der Waals surface area contributed by atoms with Crippen molar-refractivity contribution in [3.05, 3.63) is 28.8 Å². The minimum atomic E-state index is -0.0964. The number of amides is 1. The summed E-state index contributed by atoms with van der Waals surface area (Å²) < 4.78 is 0. The third kappa shape index (κ3) is 3.53. The van der Waals surface area contributed by atoms with Crippen LogP contribution < -0.4 is 5.32 Å². The molecular formula is C16H23ClN2O. The molecule has 0 radical (unpaired) electrons. The largest absolute Gasteiger partial charge is 0.324 e. The van der Waals surface area contributed by atoms with Crippen molar-refractivity contribution in [3.8, 4) is 0 Å². The summed E-state index contributed by atoms with van der Waals surface area (Å²) in [7, 11) is 0. The summed E-state index contributed by atoms with van der Waals surface area (Å²) in [5, 5.41) is 3.68. The van der Waals surface area contributed by atoms with Crippen molar-refractivity contribution in [1.82, 2.24) is 4.90 Å². The molecule has 4 heteroatoms. The van der Waals surface area contributed by atoms with Gasteiger partial charge in [0.2, 0.25) is 5.91 Å². The molecule has 1 saturated heterocycles. The molecule has 3 nitrogen and oxygen atoms in total. The van der Waals surface area contributed by atoms with Crippen LogP contribution in [-0.2, 0) is 4.79 Å². The molecule has 0 unspecified atom stereocenters. The van der Waals surface area contributed by atoms with E-state index in [1.165, 1.54) is 12.8 Å². The van der Waals surface area contributed by atoms with Crippen LogP contribution in [0, 0.1) is 12.8 Å². The first-order valence-corrected chi connectivity index (χ1v) is 7.67. The van der Waals surface area contributed by atoms with E-state index >= 15 is 0 Å². The number of benzene rings is 1. The Balaban J connectivity index is 1.99. The van der Waals surface area contributed by atoms with Crippen LogP contribution >= 0.6 is 11.6 Å². The summed E-state index contributed by atoms with van der Waals surface area (Å²) in [5.74, 6) is 0.821. The first-order chi connectivity index (χ1) is 9.49. The van der Waals surface area contributed by atoms with Gasteiger partial charge in [0, 0.05) is 10.7 Å². The molecule has 1 amide bonds. The van der Waals surface area contributed by atoms with E-state index < -0.39 is 0 Å². The average Bonchev–Trinajstić information content (AvgIpc) is 2.44. The van der Waals surface area contributed by atoms with E-state index in [2.05, 4.69) is 17.1 Å². The fourth-order valence-corrected chi connectivity index (χ4v) is 2.74. The minimum Gasteiger partial charge on any atom is -0.324 e. The van der Waals surface area contributed by atoms with Crippen molar-refractivity contribution in [1.29, 1.82) is 0 Å². The number of halogens is 1. The number of nitrogens with zero attached hydrogens (tertiary/aromatic N) is 1. The zero-order valence-corrected chi connectivity index (χ0v) is 13.2. The zero-order chi connectivity index (χ0) is 14.7. The fourth-order valence-electron chi connectivity index (χ4n) is 2.56. The summed E-state index contributed by atoms with van der Waals surface area (Å²) in [6, 6.07) is 5.49. The number of hydrogen-bond donors (Lipinski definition) is 1. The number of piperidine rings is 1. The SMILES string of the molecule is Cc1c(Cl)cccc1NC(=O)[C@@H](C)N1CCC(C)CC1. The van der Waals surface area contributed by atoms with Crippen molar-refractivity contribution in [2.45, 2.75) is 39.7 Å². The third-order valence-electron chi connectivity index (χ3n) is 4.27. The number of rotatable bonds is 3. The lowest BCUT2D eigenvalue weighted by Gasteiger charge is -2.34. The quantitative estimate of drug-likeness (QED) is 0.922. The van der Waals surface area contributed by atoms with Gasteiger partial charge in [-0.15, -0.1) is 0 Å². The maximum Gasteiger partial charge on any atom is 0.241 e. The van der Waals surface area contributed by atoms with Crippen LogP contribution in [0.4, 0.5) is 5.69 Å². The van der Waals surface area contributed by atoms with Gasteiger partial charge in [0.25, 0.3) is 0 Å². The highest BCUT2D eigenvalue weighted by molar-refractivity contribution is 6.31. The molecule has 1 aliphatic rings. The lowest BCUT2D eigenvalue weighted by molar-refractivity contribution is -0.121. The molecule has 110 valence electrons. The van der Waals surface area contributed by atoms with Gasteiger partial charge in [-0.05, 0) is 63.4 Å². The zero-order valence-electron chi connectivity index (χ0n) is 12.4. The first kappa shape index (κ1) is 15.3. The number of carbonyl (C=O) groups excluding carboxylic acids is 1. The highest BCUT2D eigenvalue weighted by Gasteiger charge is 2.25. The average molecular weight is 295 g/mol. The maximum atomic E-state index is 12.4. The highest BCUT2D eigenvalue weighted by atomic mass is 35.5. The van der Waals surface area contributed by atoms with E-state index in [1.807, 2.05) is 32.0 Å². The van der Waals surface area contributed by atoms with Crippen LogP contribution in [0.25, 0.3) is 0 Å². The monoisotopic (exact) mass is 294 g/mol. The summed E-state index contributed by atoms with van der Waals surface area (Å²) in [4.78, 5) is 14.6. The van der Waals surface area contributed by atoms with Gasteiger partial charge in [-0.1, -0.05) is 24.6 Å². The predicted molar refractivity (Wildman–Crippen MR) is 84.3 cm³/mol. The van der Waals surface area contributed by atoms with Crippen LogP contribution in [-0.4, -0.2) is 29.9 Å². The number of hydrogen-bond acceptors (Lipinski definition) is 2. The molecule has 0 bridgehead atoms. The standard InChI is InChI=1S/C16H23ClN2O/c1-11-7-9-19(10-8-11)13(3)16(20)18-15-6-4-5-14(17)12(15)2/h4-6,11,13H,7-10H2,1-3H3,(H,18,20)/t13-/m1/s1. The Labute approximate surface area is 126 Å². The van der Waals surface area contributed by atoms with E-state index in [0.717, 1.165) is 30.3 Å². The van der Waals surface area contributed by atoms with Crippen molar-refractivity contribution in [2.24, 2.45) is 5.92 Å². The smallest absolute Gasteiger partial charge is 0.241 e. The second-order valence-electron chi connectivity index (χ2n) is 5.80. The lowest BCUT2D eigenvalue weighted by Crippen LogP contribution is -2.45. The van der Waals surface area contributed by atoms with Gasteiger partial charge >= 0.3 is 0 Å². The Morgan fingerprint density at radius 1 is 1.40 bits per heavy atom. The summed E-state index contributed by atoms with van der Waals surface area (Å²) in [6.07, 6.45) is 2.35. The molecule has 2 rings (SSSR count). The summed E-state index contributed by atoms with van der Waals surface area (Å²) in [5.41, 5.74) is 1.72. The summed E-state index contributed by atoms with van der Waals surface area (Å²) in [6.45, 7) is 8.18. The van der Waals surface area contributed by atoms with E-state index in [1.54, 1.807) is 0 Å². The predicted octanol–water partition coefficient (Wildman–Crippen LogP) is 3.71. The van der Waals surface area contributed by atoms with Crippen LogP contribution in [0.3, 0.4) is 0 Å². The first-order valence-electron chi connectivity index (χ1n) is 7.29. The Bertz CT molecular complexity index is 481. The van der Waals surface area contributed by atoms with Gasteiger partial charge in [-0.25, -0.2) is 0 Å². The van der Waals surface area contributed by atoms with E-state index in [9.17, 15) is 4.79 Å². The molecule has 1 fully saturated rings. The van der Waals surface area contributed by atoms with Gasteiger partial charge in [0.05, 0.1) is 6.04 Å². The second kappa shape index (κ2) is 6.59. The Kier molecular flexibility index (Phi) is 5.06. The number of carbonyl (C=O) groups is 1. The second-order valence-corrected chi connectivity index (χ2v) is 6.20. The van der Waals surface area contributed by atoms with Crippen molar-refractivity contribution in [3.63, 3.8) is 0 Å². The molecule has 0 aliphatic carbocycles. The lowest BCUT2D eigenvalue weighted by atomic mass is 9.98. The fraction of sp³-hybridized carbons (Fsp3) is 0.562. The van der Waals surface area contributed by atoms with Gasteiger partial charge < -0.3 is 5.32 Å². The Morgan fingerprint density at radius 3 is 2.70 bits per heavy atom. The molecule has 0 aromatic heterocycles. The molecular weight excluding hydrogens is 272 g/mol. The van der Waals surface area contributed by atoms with Gasteiger partial charge in [0.1, 0.15) is 0 Å². The third-order valence-corrected chi connectivity index (χ3v) is 4.68. The topological polar surface area (TPSA) is 32.3 Å². The molecule has 1 aliphatic heterocycles. The van der Waals surface area contributed by atoms with Crippen LogP contribution in [0.15, 0.2) is 18.2 Å². The number of nitrogens with one attached hydrogen (secondary N) is 1. The molecule has 20 heavy (non-hydrogen) atoms. The van der Waals surface area contributed by atoms with Gasteiger partial charge in [-0.3, -0.25) is 9.69 Å². The molecule has 0 saturated carbocycles. The summed E-state index contributed by atoms with van der Waals surface area (Å²) >= 11 is 6.08. The number of anilines is 1. The molecule has 1 aromatic carbocycles. The molecule has 1 N–H and O–H groups in total. The van der Waals surface area contributed by atoms with Crippen molar-refractivity contribution >= 4 is 23.2 Å². The van der Waals surface area contributed by atoms with Gasteiger partial charge in [-0.2, -0.15) is 0 Å². The normalized spacial score (nSPS) is 18.8. The highest BCUT2D eigenvalue weighted by Crippen LogP contribution is 2.24. The van der Waals surface area contributed by atoms with Crippen LogP contribution in [0.2, 0.25) is 5.02 Å². The van der Waals surface area contributed by atoms with E-state index in [-0.39, 0.29) is 11.9 Å². The van der Waals surface area contributed by atoms with Gasteiger partial charge in [0.15, 0.2) is 0 Å². The Hall–Kier alpha value is -1.06. The Morgan fingerprint density at radius 2 is 2.05 bits per heavy atom.